The average molecular weight is 258 g/mol. The van der Waals surface area contributed by atoms with Crippen molar-refractivity contribution in [3.63, 3.8) is 0 Å². The summed E-state index contributed by atoms with van der Waals surface area (Å²) in [4.78, 5) is 2.34. The van der Waals surface area contributed by atoms with Crippen LogP contribution in [0.3, 0.4) is 0 Å². The van der Waals surface area contributed by atoms with Gasteiger partial charge >= 0.3 is 0 Å². The number of aliphatic hydroxyl groups excluding tert-OH is 1. The Morgan fingerprint density at radius 1 is 1.42 bits per heavy atom. The maximum absolute atomic E-state index is 9.27. The van der Waals surface area contributed by atoms with Gasteiger partial charge in [-0.1, -0.05) is 12.1 Å². The van der Waals surface area contributed by atoms with Crippen molar-refractivity contribution in [2.45, 2.75) is 38.6 Å². The molecule has 1 aliphatic heterocycles. The molecule has 1 aliphatic rings. The number of piperidine rings is 1. The van der Waals surface area contributed by atoms with Gasteiger partial charge in [0.2, 0.25) is 0 Å². The van der Waals surface area contributed by atoms with Crippen molar-refractivity contribution < 1.29 is 5.11 Å². The number of rotatable bonds is 3. The number of para-hydroxylation sites is 1. The molecular weight excluding hydrogens is 236 g/mol. The lowest BCUT2D eigenvalue weighted by Gasteiger charge is -2.49. The van der Waals surface area contributed by atoms with Crippen molar-refractivity contribution in [3.05, 3.63) is 29.8 Å². The van der Waals surface area contributed by atoms with Crippen LogP contribution in [0.1, 0.15) is 38.7 Å². The average Bonchev–Trinajstić information content (AvgIpc) is 2.41. The summed E-state index contributed by atoms with van der Waals surface area (Å²) in [6.45, 7) is 5.66. The molecule has 0 aliphatic carbocycles. The zero-order valence-corrected chi connectivity index (χ0v) is 11.8. The SMILES string of the molecule is CC1(C)C(CCO)CCCN1c1ccccc1C#N. The molecule has 1 aromatic carbocycles. The molecule has 19 heavy (non-hydrogen) atoms. The Bertz CT molecular complexity index is 474. The topological polar surface area (TPSA) is 47.3 Å². The third-order valence-corrected chi connectivity index (χ3v) is 4.42. The molecule has 1 fully saturated rings. The molecule has 0 spiro atoms. The highest BCUT2D eigenvalue weighted by molar-refractivity contribution is 5.61. The van der Waals surface area contributed by atoms with E-state index in [1.807, 2.05) is 24.3 Å². The van der Waals surface area contributed by atoms with Crippen molar-refractivity contribution >= 4 is 5.69 Å². The molecule has 3 heteroatoms. The summed E-state index contributed by atoms with van der Waals surface area (Å²) in [5, 5.41) is 18.5. The van der Waals surface area contributed by atoms with E-state index >= 15 is 0 Å². The highest BCUT2D eigenvalue weighted by Gasteiger charge is 2.38. The van der Waals surface area contributed by atoms with Crippen LogP contribution < -0.4 is 4.90 Å². The summed E-state index contributed by atoms with van der Waals surface area (Å²) in [6, 6.07) is 10.1. The number of hydrogen-bond donors (Lipinski definition) is 1. The predicted molar refractivity (Wildman–Crippen MR) is 77.0 cm³/mol. The molecule has 0 bridgehead atoms. The summed E-state index contributed by atoms with van der Waals surface area (Å²) < 4.78 is 0. The second kappa shape index (κ2) is 5.63. The number of nitrogens with zero attached hydrogens (tertiary/aromatic N) is 2. The zero-order valence-electron chi connectivity index (χ0n) is 11.8. The minimum Gasteiger partial charge on any atom is -0.396 e. The maximum Gasteiger partial charge on any atom is 0.101 e. The van der Waals surface area contributed by atoms with E-state index in [2.05, 4.69) is 24.8 Å². The molecule has 1 aromatic rings. The first kappa shape index (κ1) is 13.9. The number of benzene rings is 1. The van der Waals surface area contributed by atoms with Gasteiger partial charge in [0.25, 0.3) is 0 Å². The first-order valence-electron chi connectivity index (χ1n) is 6.99. The van der Waals surface area contributed by atoms with E-state index in [0.29, 0.717) is 5.92 Å². The Hall–Kier alpha value is -1.53. The largest absolute Gasteiger partial charge is 0.396 e. The van der Waals surface area contributed by atoms with Gasteiger partial charge in [0, 0.05) is 18.7 Å². The minimum absolute atomic E-state index is 0.0199. The lowest BCUT2D eigenvalue weighted by Crippen LogP contribution is -2.54. The van der Waals surface area contributed by atoms with E-state index < -0.39 is 0 Å². The van der Waals surface area contributed by atoms with Crippen LogP contribution in [0.4, 0.5) is 5.69 Å². The molecule has 1 saturated heterocycles. The van der Waals surface area contributed by atoms with Crippen molar-refractivity contribution in [1.82, 2.24) is 0 Å². The summed E-state index contributed by atoms with van der Waals surface area (Å²) in [7, 11) is 0. The second-order valence-corrected chi connectivity index (χ2v) is 5.79. The number of anilines is 1. The summed E-state index contributed by atoms with van der Waals surface area (Å²) >= 11 is 0. The lowest BCUT2D eigenvalue weighted by molar-refractivity contribution is 0.176. The van der Waals surface area contributed by atoms with Gasteiger partial charge in [0.1, 0.15) is 6.07 Å². The predicted octanol–water partition coefficient (Wildman–Crippen LogP) is 2.94. The van der Waals surface area contributed by atoms with Crippen LogP contribution in [0.15, 0.2) is 24.3 Å². The standard InChI is InChI=1S/C16H22N2O/c1-16(2)14(9-11-19)7-5-10-18(16)15-8-4-3-6-13(15)12-17/h3-4,6,8,14,19H,5,7,9-11H2,1-2H3. The number of hydrogen-bond acceptors (Lipinski definition) is 3. The maximum atomic E-state index is 9.27. The fourth-order valence-electron chi connectivity index (χ4n) is 3.25. The van der Waals surface area contributed by atoms with E-state index in [1.54, 1.807) is 0 Å². The van der Waals surface area contributed by atoms with Crippen LogP contribution in [-0.4, -0.2) is 23.8 Å². The molecular formula is C16H22N2O. The van der Waals surface area contributed by atoms with Gasteiger partial charge in [-0.25, -0.2) is 0 Å². The third kappa shape index (κ3) is 2.59. The quantitative estimate of drug-likeness (QED) is 0.906. The van der Waals surface area contributed by atoms with E-state index in [1.165, 1.54) is 0 Å². The molecule has 102 valence electrons. The Balaban J connectivity index is 2.35. The molecule has 1 N–H and O–H groups in total. The Labute approximate surface area is 115 Å². The third-order valence-electron chi connectivity index (χ3n) is 4.42. The van der Waals surface area contributed by atoms with Crippen LogP contribution in [0.2, 0.25) is 0 Å². The molecule has 0 aromatic heterocycles. The van der Waals surface area contributed by atoms with Gasteiger partial charge in [-0.15, -0.1) is 0 Å². The molecule has 0 radical (unpaired) electrons. The first-order valence-corrected chi connectivity index (χ1v) is 6.99. The molecule has 1 unspecified atom stereocenters. The monoisotopic (exact) mass is 258 g/mol. The van der Waals surface area contributed by atoms with Crippen molar-refractivity contribution in [2.75, 3.05) is 18.1 Å². The van der Waals surface area contributed by atoms with Crippen LogP contribution in [-0.2, 0) is 0 Å². The van der Waals surface area contributed by atoms with Gasteiger partial charge in [-0.05, 0) is 51.2 Å². The van der Waals surface area contributed by atoms with Gasteiger partial charge in [-0.2, -0.15) is 5.26 Å². The Morgan fingerprint density at radius 3 is 2.84 bits per heavy atom. The van der Waals surface area contributed by atoms with E-state index in [-0.39, 0.29) is 12.1 Å². The number of nitriles is 1. The van der Waals surface area contributed by atoms with Crippen molar-refractivity contribution in [1.29, 1.82) is 5.26 Å². The number of aliphatic hydroxyl groups is 1. The minimum atomic E-state index is -0.0199. The fourth-order valence-corrected chi connectivity index (χ4v) is 3.25. The van der Waals surface area contributed by atoms with Crippen LogP contribution in [0.5, 0.6) is 0 Å². The lowest BCUT2D eigenvalue weighted by atomic mass is 9.77. The smallest absolute Gasteiger partial charge is 0.101 e. The highest BCUT2D eigenvalue weighted by Crippen LogP contribution is 2.39. The Kier molecular flexibility index (Phi) is 4.11. The van der Waals surface area contributed by atoms with Gasteiger partial charge in [-0.3, -0.25) is 0 Å². The highest BCUT2D eigenvalue weighted by atomic mass is 16.3. The first-order chi connectivity index (χ1) is 9.11. The summed E-state index contributed by atoms with van der Waals surface area (Å²) in [6.07, 6.45) is 3.10. The molecule has 1 atom stereocenters. The van der Waals surface area contributed by atoms with Gasteiger partial charge in [0.05, 0.1) is 11.3 Å². The normalized spacial score (nSPS) is 22.0. The second-order valence-electron chi connectivity index (χ2n) is 5.79. The summed E-state index contributed by atoms with van der Waals surface area (Å²) in [5.41, 5.74) is 1.74. The van der Waals surface area contributed by atoms with E-state index in [9.17, 15) is 10.4 Å². The van der Waals surface area contributed by atoms with Crippen LogP contribution in [0.25, 0.3) is 0 Å². The molecule has 0 amide bonds. The van der Waals surface area contributed by atoms with E-state index in [4.69, 9.17) is 0 Å². The summed E-state index contributed by atoms with van der Waals surface area (Å²) in [5.74, 6) is 0.470. The van der Waals surface area contributed by atoms with Gasteiger partial charge < -0.3 is 10.0 Å². The van der Waals surface area contributed by atoms with Crippen LogP contribution in [0, 0.1) is 17.2 Å². The molecule has 2 rings (SSSR count). The van der Waals surface area contributed by atoms with Crippen molar-refractivity contribution in [2.24, 2.45) is 5.92 Å². The van der Waals surface area contributed by atoms with Crippen molar-refractivity contribution in [3.8, 4) is 6.07 Å². The molecule has 3 nitrogen and oxygen atoms in total. The Morgan fingerprint density at radius 2 is 2.16 bits per heavy atom. The van der Waals surface area contributed by atoms with Crippen LogP contribution >= 0.6 is 0 Å². The van der Waals surface area contributed by atoms with E-state index in [0.717, 1.165) is 37.1 Å². The fraction of sp³-hybridized carbons (Fsp3) is 0.562. The molecule has 0 saturated carbocycles. The molecule has 1 heterocycles. The zero-order chi connectivity index (χ0) is 13.9. The van der Waals surface area contributed by atoms with Gasteiger partial charge in [0.15, 0.2) is 0 Å².